The van der Waals surface area contributed by atoms with Crippen molar-refractivity contribution in [2.45, 2.75) is 13.0 Å². The number of hydrogen-bond donors (Lipinski definition) is 0. The molecule has 0 N–H and O–H groups in total. The number of benzene rings is 2. The molecular weight excluding hydrogens is 460 g/mol. The van der Waals surface area contributed by atoms with Crippen molar-refractivity contribution in [3.05, 3.63) is 100 Å². The van der Waals surface area contributed by atoms with Crippen LogP contribution in [0.1, 0.15) is 21.5 Å². The fourth-order valence-electron chi connectivity index (χ4n) is 4.07. The lowest BCUT2D eigenvalue weighted by Crippen LogP contribution is -2.27. The monoisotopic (exact) mass is 482 g/mol. The Bertz CT molecular complexity index is 1640. The third-order valence-electron chi connectivity index (χ3n) is 6.04. The van der Waals surface area contributed by atoms with E-state index in [4.69, 9.17) is 4.74 Å². The lowest BCUT2D eigenvalue weighted by molar-refractivity contribution is -0.139. The van der Waals surface area contributed by atoms with Crippen molar-refractivity contribution in [3.63, 3.8) is 0 Å². The molecule has 5 rings (SSSR count). The highest BCUT2D eigenvalue weighted by Gasteiger charge is 2.18. The van der Waals surface area contributed by atoms with Crippen LogP contribution in [0.25, 0.3) is 16.7 Å². The highest BCUT2D eigenvalue weighted by molar-refractivity contribution is 6.07. The number of carbonyl (C=O) groups is 2. The summed E-state index contributed by atoms with van der Waals surface area (Å²) in [4.78, 5) is 43.8. The first-order chi connectivity index (χ1) is 17.5. The second kappa shape index (κ2) is 9.41. The van der Waals surface area contributed by atoms with E-state index in [1.807, 2.05) is 24.3 Å². The number of esters is 1. The fourth-order valence-corrected chi connectivity index (χ4v) is 4.07. The minimum atomic E-state index is -0.321. The Labute approximate surface area is 205 Å². The molecule has 0 unspecified atom stereocenters. The largest absolute Gasteiger partial charge is 0.469 e. The van der Waals surface area contributed by atoms with Crippen molar-refractivity contribution in [2.24, 2.45) is 0 Å². The van der Waals surface area contributed by atoms with E-state index in [1.54, 1.807) is 54.2 Å². The molecular formula is C26H22N6O4. The predicted octanol–water partition coefficient (Wildman–Crippen LogP) is 2.48. The number of amides is 1. The topological polar surface area (TPSA) is 112 Å². The molecule has 180 valence electrons. The van der Waals surface area contributed by atoms with Crippen molar-refractivity contribution >= 4 is 34.2 Å². The van der Waals surface area contributed by atoms with Crippen molar-refractivity contribution in [3.8, 4) is 0 Å². The first kappa shape index (κ1) is 22.9. The minimum Gasteiger partial charge on any atom is -0.469 e. The summed E-state index contributed by atoms with van der Waals surface area (Å²) < 4.78 is 7.95. The van der Waals surface area contributed by atoms with Gasteiger partial charge in [-0.3, -0.25) is 28.3 Å². The van der Waals surface area contributed by atoms with Crippen LogP contribution in [0.5, 0.6) is 0 Å². The van der Waals surface area contributed by atoms with Gasteiger partial charge in [-0.15, -0.1) is 10.2 Å². The molecule has 36 heavy (non-hydrogen) atoms. The van der Waals surface area contributed by atoms with Gasteiger partial charge in [-0.25, -0.2) is 0 Å². The maximum Gasteiger partial charge on any atom is 0.309 e. The summed E-state index contributed by atoms with van der Waals surface area (Å²) in [6.07, 6.45) is 4.94. The number of rotatable bonds is 6. The number of hydrogen-bond acceptors (Lipinski definition) is 7. The van der Waals surface area contributed by atoms with Gasteiger partial charge in [-0.1, -0.05) is 24.3 Å². The van der Waals surface area contributed by atoms with Gasteiger partial charge in [0, 0.05) is 30.7 Å². The summed E-state index contributed by atoms with van der Waals surface area (Å²) in [6, 6.07) is 15.9. The maximum atomic E-state index is 13.6. The molecule has 0 radical (unpaired) electrons. The summed E-state index contributed by atoms with van der Waals surface area (Å²) in [7, 11) is 3.02. The highest BCUT2D eigenvalue weighted by Crippen LogP contribution is 2.19. The van der Waals surface area contributed by atoms with Gasteiger partial charge >= 0.3 is 5.97 Å². The molecule has 0 aliphatic carbocycles. The third kappa shape index (κ3) is 4.20. The zero-order chi connectivity index (χ0) is 25.2. The zero-order valence-electron chi connectivity index (χ0n) is 19.7. The summed E-state index contributed by atoms with van der Waals surface area (Å²) in [5.41, 5.74) is 3.05. The van der Waals surface area contributed by atoms with Crippen LogP contribution in [0.3, 0.4) is 0 Å². The average molecular weight is 483 g/mol. The van der Waals surface area contributed by atoms with Crippen LogP contribution in [0, 0.1) is 0 Å². The molecule has 0 spiro atoms. The maximum absolute atomic E-state index is 13.6. The number of ether oxygens (including phenoxy) is 1. The van der Waals surface area contributed by atoms with Gasteiger partial charge in [-0.05, 0) is 41.5 Å². The highest BCUT2D eigenvalue weighted by atomic mass is 16.5. The van der Waals surface area contributed by atoms with Gasteiger partial charge in [0.1, 0.15) is 6.33 Å². The van der Waals surface area contributed by atoms with Gasteiger partial charge in [0.05, 0.1) is 31.0 Å². The SMILES string of the molecule is COC(=O)Cc1ccc(Cn2c(=O)c3cc(C(=O)N(C)c4ccncc4)ccc3n3cnnc23)cc1. The fraction of sp³-hybridized carbons (Fsp3) is 0.154. The Balaban J connectivity index is 1.54. The Morgan fingerprint density at radius 1 is 1.00 bits per heavy atom. The molecule has 3 heterocycles. The normalized spacial score (nSPS) is 11.1. The van der Waals surface area contributed by atoms with E-state index in [0.717, 1.165) is 11.1 Å². The molecule has 0 fully saturated rings. The number of methoxy groups -OCH3 is 1. The summed E-state index contributed by atoms with van der Waals surface area (Å²) >= 11 is 0. The Morgan fingerprint density at radius 2 is 1.72 bits per heavy atom. The van der Waals surface area contributed by atoms with Crippen molar-refractivity contribution in [1.29, 1.82) is 0 Å². The van der Waals surface area contributed by atoms with Crippen LogP contribution in [0.15, 0.2) is 78.1 Å². The van der Waals surface area contributed by atoms with Crippen LogP contribution < -0.4 is 10.5 Å². The second-order valence-electron chi connectivity index (χ2n) is 8.26. The lowest BCUT2D eigenvalue weighted by Gasteiger charge is -2.17. The smallest absolute Gasteiger partial charge is 0.309 e. The molecule has 0 atom stereocenters. The van der Waals surface area contributed by atoms with Gasteiger partial charge < -0.3 is 9.64 Å². The zero-order valence-corrected chi connectivity index (χ0v) is 19.7. The molecule has 10 nitrogen and oxygen atoms in total. The summed E-state index contributed by atoms with van der Waals surface area (Å²) in [5, 5.41) is 8.52. The quantitative estimate of drug-likeness (QED) is 0.342. The van der Waals surface area contributed by atoms with Crippen LogP contribution in [0.2, 0.25) is 0 Å². The van der Waals surface area contributed by atoms with Crippen LogP contribution in [-0.4, -0.2) is 50.2 Å². The number of aromatic nitrogens is 5. The van der Waals surface area contributed by atoms with Gasteiger partial charge in [0.25, 0.3) is 11.5 Å². The van der Waals surface area contributed by atoms with Gasteiger partial charge in [0.2, 0.25) is 5.78 Å². The standard InChI is InChI=1S/C26H22N6O4/c1-30(20-9-11-27-12-10-20)24(34)19-7-8-22-21(14-19)25(35)31(26-29-28-16-32(22)26)15-18-5-3-17(4-6-18)13-23(33)36-2/h3-12,14,16H,13,15H2,1-2H3. The molecule has 0 saturated heterocycles. The minimum absolute atomic E-state index is 0.172. The number of fused-ring (bicyclic) bond motifs is 3. The lowest BCUT2D eigenvalue weighted by atomic mass is 10.1. The predicted molar refractivity (Wildman–Crippen MR) is 133 cm³/mol. The van der Waals surface area contributed by atoms with E-state index < -0.39 is 0 Å². The Hall–Kier alpha value is -4.86. The van der Waals surface area contributed by atoms with Crippen molar-refractivity contribution in [1.82, 2.24) is 24.1 Å². The number of nitrogens with zero attached hydrogens (tertiary/aromatic N) is 6. The molecule has 0 saturated carbocycles. The van der Waals surface area contributed by atoms with E-state index in [9.17, 15) is 14.4 Å². The van der Waals surface area contributed by atoms with E-state index in [1.165, 1.54) is 22.9 Å². The molecule has 1 amide bonds. The first-order valence-electron chi connectivity index (χ1n) is 11.2. The molecule has 5 aromatic rings. The third-order valence-corrected chi connectivity index (χ3v) is 6.04. The van der Waals surface area contributed by atoms with Crippen LogP contribution in [0.4, 0.5) is 5.69 Å². The van der Waals surface area contributed by atoms with Crippen molar-refractivity contribution < 1.29 is 14.3 Å². The van der Waals surface area contributed by atoms with E-state index >= 15 is 0 Å². The molecule has 0 aliphatic heterocycles. The summed E-state index contributed by atoms with van der Waals surface area (Å²) in [5.74, 6) is -0.184. The molecule has 2 aromatic carbocycles. The number of anilines is 1. The van der Waals surface area contributed by atoms with Gasteiger partial charge in [0.15, 0.2) is 0 Å². The van der Waals surface area contributed by atoms with Gasteiger partial charge in [-0.2, -0.15) is 0 Å². The Morgan fingerprint density at radius 3 is 2.44 bits per heavy atom. The molecule has 3 aromatic heterocycles. The van der Waals surface area contributed by atoms with E-state index in [-0.39, 0.29) is 30.4 Å². The first-order valence-corrected chi connectivity index (χ1v) is 11.2. The van der Waals surface area contributed by atoms with E-state index in [0.29, 0.717) is 27.9 Å². The van der Waals surface area contributed by atoms with Crippen LogP contribution >= 0.6 is 0 Å². The van der Waals surface area contributed by atoms with Crippen molar-refractivity contribution in [2.75, 3.05) is 19.1 Å². The Kier molecular flexibility index (Phi) is 5.99. The molecule has 0 bridgehead atoms. The molecule has 0 aliphatic rings. The van der Waals surface area contributed by atoms with Crippen LogP contribution in [-0.2, 0) is 22.5 Å². The van der Waals surface area contributed by atoms with E-state index in [2.05, 4.69) is 15.2 Å². The molecule has 10 heteroatoms. The number of pyridine rings is 1. The second-order valence-corrected chi connectivity index (χ2v) is 8.26. The summed E-state index contributed by atoms with van der Waals surface area (Å²) in [6.45, 7) is 0.241. The number of carbonyl (C=O) groups excluding carboxylic acids is 2. The average Bonchev–Trinajstić information content (AvgIpc) is 3.41.